The smallest absolute Gasteiger partial charge is 0.289 e. The molecule has 0 aliphatic rings. The number of nitrogens with zero attached hydrogens (tertiary/aromatic N) is 1. The predicted molar refractivity (Wildman–Crippen MR) is 68.5 cm³/mol. The van der Waals surface area contributed by atoms with Crippen LogP contribution in [0.4, 0.5) is 0 Å². The van der Waals surface area contributed by atoms with Crippen LogP contribution in [0.15, 0.2) is 34.1 Å². The molecule has 0 spiro atoms. The van der Waals surface area contributed by atoms with E-state index >= 15 is 0 Å². The summed E-state index contributed by atoms with van der Waals surface area (Å²) < 4.78 is 5.12. The lowest BCUT2D eigenvalue weighted by atomic mass is 10.3. The Morgan fingerprint density at radius 2 is 2.29 bits per heavy atom. The van der Waals surface area contributed by atoms with Gasteiger partial charge in [0.05, 0.1) is 6.54 Å². The van der Waals surface area contributed by atoms with Crippen LogP contribution in [0.25, 0.3) is 0 Å². The zero-order valence-corrected chi connectivity index (χ0v) is 10.9. The molecule has 0 atom stereocenters. The second kappa shape index (κ2) is 5.38. The van der Waals surface area contributed by atoms with Crippen molar-refractivity contribution in [2.24, 2.45) is 0 Å². The summed E-state index contributed by atoms with van der Waals surface area (Å²) in [5.74, 6) is 0.154. The van der Waals surface area contributed by atoms with E-state index in [2.05, 4.69) is 0 Å². The molecular formula is C12H12ClNO2S. The van der Waals surface area contributed by atoms with Gasteiger partial charge in [0.2, 0.25) is 0 Å². The highest BCUT2D eigenvalue weighted by Crippen LogP contribution is 2.17. The second-order valence-corrected chi connectivity index (χ2v) is 4.91. The van der Waals surface area contributed by atoms with Crippen LogP contribution in [-0.2, 0) is 6.54 Å². The van der Waals surface area contributed by atoms with Gasteiger partial charge < -0.3 is 9.32 Å². The fourth-order valence-corrected chi connectivity index (χ4v) is 2.37. The Kier molecular flexibility index (Phi) is 3.86. The van der Waals surface area contributed by atoms with E-state index in [4.69, 9.17) is 16.0 Å². The third-order valence-corrected chi connectivity index (χ3v) is 3.44. The third-order valence-electron chi connectivity index (χ3n) is 2.38. The molecule has 17 heavy (non-hydrogen) atoms. The van der Waals surface area contributed by atoms with Gasteiger partial charge in [-0.1, -0.05) is 6.07 Å². The first-order valence-corrected chi connectivity index (χ1v) is 6.53. The van der Waals surface area contributed by atoms with Crippen molar-refractivity contribution in [1.82, 2.24) is 4.90 Å². The van der Waals surface area contributed by atoms with E-state index < -0.39 is 0 Å². The Morgan fingerprint density at radius 3 is 2.82 bits per heavy atom. The topological polar surface area (TPSA) is 33.5 Å². The average Bonchev–Trinajstić information content (AvgIpc) is 2.96. The first-order chi connectivity index (χ1) is 8.20. The van der Waals surface area contributed by atoms with E-state index in [1.807, 2.05) is 24.4 Å². The van der Waals surface area contributed by atoms with Crippen LogP contribution in [0.2, 0.25) is 5.22 Å². The van der Waals surface area contributed by atoms with Gasteiger partial charge in [-0.05, 0) is 42.1 Å². The van der Waals surface area contributed by atoms with Gasteiger partial charge in [0.25, 0.3) is 5.91 Å². The quantitative estimate of drug-likeness (QED) is 0.849. The third kappa shape index (κ3) is 2.90. The van der Waals surface area contributed by atoms with E-state index in [0.29, 0.717) is 13.1 Å². The summed E-state index contributed by atoms with van der Waals surface area (Å²) in [6, 6.07) is 7.16. The van der Waals surface area contributed by atoms with Crippen molar-refractivity contribution < 1.29 is 9.21 Å². The fourth-order valence-electron chi connectivity index (χ4n) is 1.50. The standard InChI is InChI=1S/C12H12ClNO2S/c1-2-14(8-9-4-3-7-17-9)12(15)10-5-6-11(13)16-10/h3-7H,2,8H2,1H3. The Bertz CT molecular complexity index is 492. The minimum Gasteiger partial charge on any atom is -0.440 e. The number of thiophene rings is 1. The monoisotopic (exact) mass is 269 g/mol. The maximum atomic E-state index is 12.1. The molecule has 0 radical (unpaired) electrons. The average molecular weight is 270 g/mol. The molecular weight excluding hydrogens is 258 g/mol. The van der Waals surface area contributed by atoms with Gasteiger partial charge in [-0.2, -0.15) is 0 Å². The first kappa shape index (κ1) is 12.2. The molecule has 0 N–H and O–H groups in total. The molecule has 2 heterocycles. The summed E-state index contributed by atoms with van der Waals surface area (Å²) in [6.07, 6.45) is 0. The summed E-state index contributed by atoms with van der Waals surface area (Å²) in [5.41, 5.74) is 0. The molecule has 0 saturated carbocycles. The molecule has 5 heteroatoms. The lowest BCUT2D eigenvalue weighted by molar-refractivity contribution is 0.0722. The minimum absolute atomic E-state index is 0.132. The molecule has 90 valence electrons. The Hall–Kier alpha value is -1.26. The molecule has 0 bridgehead atoms. The van der Waals surface area contributed by atoms with Gasteiger partial charge in [0.15, 0.2) is 11.0 Å². The molecule has 0 fully saturated rings. The Morgan fingerprint density at radius 1 is 1.47 bits per heavy atom. The summed E-state index contributed by atoms with van der Waals surface area (Å²) in [6.45, 7) is 3.18. The number of rotatable bonds is 4. The molecule has 3 nitrogen and oxygen atoms in total. The molecule has 0 aromatic carbocycles. The van der Waals surface area contributed by atoms with Crippen molar-refractivity contribution >= 4 is 28.8 Å². The summed E-state index contributed by atoms with van der Waals surface area (Å²) in [4.78, 5) is 15.0. The maximum Gasteiger partial charge on any atom is 0.289 e. The summed E-state index contributed by atoms with van der Waals surface area (Å²) >= 11 is 7.29. The molecule has 0 aliphatic heterocycles. The lowest BCUT2D eigenvalue weighted by Crippen LogP contribution is -2.29. The number of carbonyl (C=O) groups excluding carboxylic acids is 1. The van der Waals surface area contributed by atoms with E-state index in [0.717, 1.165) is 4.88 Å². The molecule has 2 aromatic heterocycles. The van der Waals surface area contributed by atoms with Gasteiger partial charge in [0, 0.05) is 11.4 Å². The molecule has 0 saturated heterocycles. The zero-order chi connectivity index (χ0) is 12.3. The van der Waals surface area contributed by atoms with E-state index in [1.165, 1.54) is 0 Å². The van der Waals surface area contributed by atoms with Crippen LogP contribution >= 0.6 is 22.9 Å². The first-order valence-electron chi connectivity index (χ1n) is 5.27. The highest BCUT2D eigenvalue weighted by molar-refractivity contribution is 7.09. The predicted octanol–water partition coefficient (Wildman–Crippen LogP) is 3.66. The molecule has 2 aromatic rings. The second-order valence-electron chi connectivity index (χ2n) is 3.50. The Labute approximate surface area is 109 Å². The van der Waals surface area contributed by atoms with Gasteiger partial charge >= 0.3 is 0 Å². The van der Waals surface area contributed by atoms with Crippen LogP contribution in [0, 0.1) is 0 Å². The largest absolute Gasteiger partial charge is 0.440 e. The van der Waals surface area contributed by atoms with Gasteiger partial charge in [-0.15, -0.1) is 11.3 Å². The van der Waals surface area contributed by atoms with Crippen molar-refractivity contribution in [3.63, 3.8) is 0 Å². The number of hydrogen-bond donors (Lipinski definition) is 0. The normalized spacial score (nSPS) is 10.5. The van der Waals surface area contributed by atoms with Crippen molar-refractivity contribution in [2.45, 2.75) is 13.5 Å². The number of furan rings is 1. The van der Waals surface area contributed by atoms with Crippen molar-refractivity contribution in [2.75, 3.05) is 6.54 Å². The highest BCUT2D eigenvalue weighted by Gasteiger charge is 2.18. The van der Waals surface area contributed by atoms with Crippen molar-refractivity contribution in [1.29, 1.82) is 0 Å². The van der Waals surface area contributed by atoms with E-state index in [1.54, 1.807) is 28.4 Å². The maximum absolute atomic E-state index is 12.1. The zero-order valence-electron chi connectivity index (χ0n) is 9.35. The number of hydrogen-bond acceptors (Lipinski definition) is 3. The van der Waals surface area contributed by atoms with Gasteiger partial charge in [0.1, 0.15) is 0 Å². The molecule has 1 amide bonds. The number of carbonyl (C=O) groups is 1. The molecule has 0 aliphatic carbocycles. The van der Waals surface area contributed by atoms with Crippen LogP contribution in [0.5, 0.6) is 0 Å². The van der Waals surface area contributed by atoms with Gasteiger partial charge in [-0.25, -0.2) is 0 Å². The van der Waals surface area contributed by atoms with Crippen LogP contribution in [0.1, 0.15) is 22.4 Å². The Balaban J connectivity index is 2.10. The van der Waals surface area contributed by atoms with E-state index in [9.17, 15) is 4.79 Å². The number of halogens is 1. The lowest BCUT2D eigenvalue weighted by Gasteiger charge is -2.18. The fraction of sp³-hybridized carbons (Fsp3) is 0.250. The van der Waals surface area contributed by atoms with Crippen molar-refractivity contribution in [3.8, 4) is 0 Å². The van der Waals surface area contributed by atoms with Crippen LogP contribution < -0.4 is 0 Å². The highest BCUT2D eigenvalue weighted by atomic mass is 35.5. The SMILES string of the molecule is CCN(Cc1cccs1)C(=O)c1ccc(Cl)o1. The summed E-state index contributed by atoms with van der Waals surface area (Å²) in [5, 5.41) is 2.23. The number of amides is 1. The molecule has 0 unspecified atom stereocenters. The van der Waals surface area contributed by atoms with Crippen LogP contribution in [-0.4, -0.2) is 17.4 Å². The minimum atomic E-state index is -0.132. The van der Waals surface area contributed by atoms with Gasteiger partial charge in [-0.3, -0.25) is 4.79 Å². The van der Waals surface area contributed by atoms with E-state index in [-0.39, 0.29) is 16.9 Å². The van der Waals surface area contributed by atoms with Crippen molar-refractivity contribution in [3.05, 3.63) is 45.5 Å². The summed E-state index contributed by atoms with van der Waals surface area (Å²) in [7, 11) is 0. The van der Waals surface area contributed by atoms with Crippen LogP contribution in [0.3, 0.4) is 0 Å². The molecule has 2 rings (SSSR count).